The molecule has 1 aromatic rings. The van der Waals surface area contributed by atoms with E-state index < -0.39 is 0 Å². The molecule has 0 saturated carbocycles. The second kappa shape index (κ2) is 2.96. The molecule has 0 saturated heterocycles. The fourth-order valence-corrected chi connectivity index (χ4v) is 2.31. The van der Waals surface area contributed by atoms with Crippen LogP contribution in [0.15, 0.2) is 41.4 Å². The lowest BCUT2D eigenvalue weighted by molar-refractivity contribution is 0.206. The Bertz CT molecular complexity index is 461. The van der Waals surface area contributed by atoms with Gasteiger partial charge in [-0.25, -0.2) is 4.99 Å². The topological polar surface area (TPSA) is 21.6 Å². The Balaban J connectivity index is 2.02. The van der Waals surface area contributed by atoms with Crippen molar-refractivity contribution in [3.05, 3.63) is 47.5 Å². The Morgan fingerprint density at radius 3 is 3.07 bits per heavy atom. The molecule has 1 heterocycles. The average molecular weight is 199 g/mol. The first-order chi connectivity index (χ1) is 7.25. The summed E-state index contributed by atoms with van der Waals surface area (Å²) in [5, 5.41) is 0. The maximum absolute atomic E-state index is 5.78. The Labute approximate surface area is 89.3 Å². The van der Waals surface area contributed by atoms with E-state index in [4.69, 9.17) is 4.74 Å². The van der Waals surface area contributed by atoms with Crippen molar-refractivity contribution >= 4 is 5.90 Å². The van der Waals surface area contributed by atoms with Gasteiger partial charge in [0.15, 0.2) is 0 Å². The van der Waals surface area contributed by atoms with E-state index in [9.17, 15) is 0 Å². The summed E-state index contributed by atoms with van der Waals surface area (Å²) < 4.78 is 5.78. The summed E-state index contributed by atoms with van der Waals surface area (Å²) in [7, 11) is 0. The number of aliphatic imine (C=N–C) groups is 1. The lowest BCUT2D eigenvalue weighted by Crippen LogP contribution is -2.13. The number of nitrogens with zero attached hydrogens (tertiary/aromatic N) is 1. The molecule has 2 nitrogen and oxygen atoms in total. The maximum Gasteiger partial charge on any atom is 0.212 e. The molecule has 2 heteroatoms. The first kappa shape index (κ1) is 8.72. The highest BCUT2D eigenvalue weighted by Crippen LogP contribution is 2.40. The van der Waals surface area contributed by atoms with Gasteiger partial charge in [0.2, 0.25) is 5.90 Å². The molecule has 0 unspecified atom stereocenters. The zero-order valence-corrected chi connectivity index (χ0v) is 8.73. The van der Waals surface area contributed by atoms with Crippen molar-refractivity contribution in [3.63, 3.8) is 0 Å². The van der Waals surface area contributed by atoms with E-state index in [0.29, 0.717) is 0 Å². The first-order valence-electron chi connectivity index (χ1n) is 5.24. The molecule has 0 amide bonds. The predicted molar refractivity (Wildman–Crippen MR) is 60.0 cm³/mol. The highest BCUT2D eigenvalue weighted by molar-refractivity contribution is 5.94. The summed E-state index contributed by atoms with van der Waals surface area (Å²) in [6.45, 7) is 5.80. The lowest BCUT2D eigenvalue weighted by Gasteiger charge is -2.07. The number of hydrogen-bond acceptors (Lipinski definition) is 2. The van der Waals surface area contributed by atoms with Gasteiger partial charge < -0.3 is 4.74 Å². The molecule has 0 fully saturated rings. The smallest absolute Gasteiger partial charge is 0.212 e. The van der Waals surface area contributed by atoms with Crippen LogP contribution in [-0.2, 0) is 11.2 Å². The Morgan fingerprint density at radius 1 is 1.47 bits per heavy atom. The molecule has 1 aliphatic carbocycles. The van der Waals surface area contributed by atoms with E-state index in [2.05, 4.69) is 35.8 Å². The highest BCUT2D eigenvalue weighted by atomic mass is 16.5. The molecular formula is C13H13NO. The van der Waals surface area contributed by atoms with Crippen LogP contribution in [0.5, 0.6) is 0 Å². The van der Waals surface area contributed by atoms with E-state index >= 15 is 0 Å². The SMILES string of the molecule is C=C(C)C1=N[C@H]2c3ccccc3C[C@H]2O1. The van der Waals surface area contributed by atoms with Crippen molar-refractivity contribution in [3.8, 4) is 0 Å². The van der Waals surface area contributed by atoms with Gasteiger partial charge in [-0.3, -0.25) is 0 Å². The van der Waals surface area contributed by atoms with Crippen LogP contribution < -0.4 is 0 Å². The number of rotatable bonds is 1. The largest absolute Gasteiger partial charge is 0.471 e. The second-order valence-electron chi connectivity index (χ2n) is 4.22. The molecule has 2 aliphatic rings. The Hall–Kier alpha value is -1.57. The van der Waals surface area contributed by atoms with Gasteiger partial charge in [-0.05, 0) is 18.1 Å². The molecule has 0 aromatic heterocycles. The zero-order valence-electron chi connectivity index (χ0n) is 8.73. The van der Waals surface area contributed by atoms with Gasteiger partial charge in [0, 0.05) is 12.0 Å². The quantitative estimate of drug-likeness (QED) is 0.681. The molecule has 0 spiro atoms. The summed E-state index contributed by atoms with van der Waals surface area (Å²) in [6, 6.07) is 8.65. The first-order valence-corrected chi connectivity index (χ1v) is 5.24. The van der Waals surface area contributed by atoms with E-state index in [-0.39, 0.29) is 12.1 Å². The summed E-state index contributed by atoms with van der Waals surface area (Å²) in [5.41, 5.74) is 3.61. The van der Waals surface area contributed by atoms with Crippen LogP contribution in [0.2, 0.25) is 0 Å². The van der Waals surface area contributed by atoms with Gasteiger partial charge >= 0.3 is 0 Å². The standard InChI is InChI=1S/C13H13NO/c1-8(2)13-14-12-10-6-4-3-5-9(10)7-11(12)15-13/h3-6,11-12H,1,7H2,2H3/t11-,12+/m1/s1. The molecule has 15 heavy (non-hydrogen) atoms. The minimum atomic E-state index is 0.202. The van der Waals surface area contributed by atoms with Gasteiger partial charge in [-0.2, -0.15) is 0 Å². The van der Waals surface area contributed by atoms with E-state index in [1.54, 1.807) is 0 Å². The van der Waals surface area contributed by atoms with Crippen LogP contribution >= 0.6 is 0 Å². The van der Waals surface area contributed by atoms with Gasteiger partial charge in [0.25, 0.3) is 0 Å². The summed E-state index contributed by atoms with van der Waals surface area (Å²) in [4.78, 5) is 4.59. The minimum absolute atomic E-state index is 0.202. The average Bonchev–Trinajstić information content (AvgIpc) is 2.73. The van der Waals surface area contributed by atoms with Gasteiger partial charge in [-0.1, -0.05) is 30.8 Å². The number of fused-ring (bicyclic) bond motifs is 3. The number of benzene rings is 1. The monoisotopic (exact) mass is 199 g/mol. The van der Waals surface area contributed by atoms with E-state index in [1.165, 1.54) is 11.1 Å². The fraction of sp³-hybridized carbons (Fsp3) is 0.308. The Kier molecular flexibility index (Phi) is 1.72. The van der Waals surface area contributed by atoms with Crippen molar-refractivity contribution in [2.24, 2.45) is 4.99 Å². The second-order valence-corrected chi connectivity index (χ2v) is 4.22. The fourth-order valence-electron chi connectivity index (χ4n) is 2.31. The third-order valence-electron chi connectivity index (χ3n) is 3.03. The van der Waals surface area contributed by atoms with E-state index in [0.717, 1.165) is 17.9 Å². The van der Waals surface area contributed by atoms with Crippen LogP contribution in [0.25, 0.3) is 0 Å². The van der Waals surface area contributed by atoms with Crippen molar-refractivity contribution in [2.45, 2.75) is 25.5 Å². The molecule has 1 aliphatic heterocycles. The van der Waals surface area contributed by atoms with Crippen LogP contribution in [0.1, 0.15) is 24.1 Å². The molecule has 0 N–H and O–H groups in total. The molecule has 2 atom stereocenters. The van der Waals surface area contributed by atoms with Crippen LogP contribution in [-0.4, -0.2) is 12.0 Å². The normalized spacial score (nSPS) is 26.6. The molecule has 76 valence electrons. The third-order valence-corrected chi connectivity index (χ3v) is 3.03. The van der Waals surface area contributed by atoms with Crippen molar-refractivity contribution in [1.29, 1.82) is 0 Å². The predicted octanol–water partition coefficient (Wildman–Crippen LogP) is 2.66. The maximum atomic E-state index is 5.78. The van der Waals surface area contributed by atoms with Crippen LogP contribution in [0, 0.1) is 0 Å². The van der Waals surface area contributed by atoms with Gasteiger partial charge in [0.1, 0.15) is 12.1 Å². The number of hydrogen-bond donors (Lipinski definition) is 0. The van der Waals surface area contributed by atoms with Gasteiger partial charge in [0.05, 0.1) is 0 Å². The minimum Gasteiger partial charge on any atom is -0.471 e. The highest BCUT2D eigenvalue weighted by Gasteiger charge is 2.38. The molecule has 1 aromatic carbocycles. The molecule has 0 bridgehead atoms. The lowest BCUT2D eigenvalue weighted by atomic mass is 10.1. The van der Waals surface area contributed by atoms with Crippen molar-refractivity contribution < 1.29 is 4.74 Å². The molecule has 3 rings (SSSR count). The van der Waals surface area contributed by atoms with Crippen LogP contribution in [0.4, 0.5) is 0 Å². The molecular weight excluding hydrogens is 186 g/mol. The van der Waals surface area contributed by atoms with E-state index in [1.807, 2.05) is 6.92 Å². The molecule has 0 radical (unpaired) electrons. The summed E-state index contributed by atoms with van der Waals surface area (Å²) in [6.07, 6.45) is 1.18. The van der Waals surface area contributed by atoms with Gasteiger partial charge in [-0.15, -0.1) is 0 Å². The Morgan fingerprint density at radius 2 is 2.27 bits per heavy atom. The zero-order chi connectivity index (χ0) is 10.4. The summed E-state index contributed by atoms with van der Waals surface area (Å²) in [5.74, 6) is 0.736. The number of ether oxygens (including phenoxy) is 1. The van der Waals surface area contributed by atoms with Crippen LogP contribution in [0.3, 0.4) is 0 Å². The van der Waals surface area contributed by atoms with Crippen molar-refractivity contribution in [1.82, 2.24) is 0 Å². The van der Waals surface area contributed by atoms with Crippen molar-refractivity contribution in [2.75, 3.05) is 0 Å². The summed E-state index contributed by atoms with van der Waals surface area (Å²) >= 11 is 0. The third kappa shape index (κ3) is 1.21.